The average molecular weight is 223 g/mol. The molecule has 0 spiro atoms. The van der Waals surface area contributed by atoms with E-state index in [1.807, 2.05) is 5.38 Å². The summed E-state index contributed by atoms with van der Waals surface area (Å²) in [5.41, 5.74) is 0. The fourth-order valence-corrected chi connectivity index (χ4v) is 4.09. The SMILES string of the molecule is OC(CC1CC2CCC1C2)c1nccs1. The van der Waals surface area contributed by atoms with Crippen LogP contribution in [-0.4, -0.2) is 10.1 Å². The van der Waals surface area contributed by atoms with Gasteiger partial charge in [0.1, 0.15) is 11.1 Å². The Morgan fingerprint density at radius 2 is 2.40 bits per heavy atom. The van der Waals surface area contributed by atoms with E-state index in [-0.39, 0.29) is 6.10 Å². The lowest BCUT2D eigenvalue weighted by atomic mass is 9.85. The van der Waals surface area contributed by atoms with Gasteiger partial charge in [-0.2, -0.15) is 0 Å². The fourth-order valence-electron chi connectivity index (χ4n) is 3.45. The second kappa shape index (κ2) is 3.87. The van der Waals surface area contributed by atoms with Crippen molar-refractivity contribution in [3.8, 4) is 0 Å². The van der Waals surface area contributed by atoms with Crippen molar-refractivity contribution in [1.82, 2.24) is 4.98 Å². The largest absolute Gasteiger partial charge is 0.386 e. The molecular formula is C12H17NOS. The molecule has 0 aliphatic heterocycles. The molecule has 2 bridgehead atoms. The number of thiazole rings is 1. The van der Waals surface area contributed by atoms with E-state index >= 15 is 0 Å². The fraction of sp³-hybridized carbons (Fsp3) is 0.750. The molecule has 3 heteroatoms. The van der Waals surface area contributed by atoms with Gasteiger partial charge in [0, 0.05) is 11.6 Å². The van der Waals surface area contributed by atoms with E-state index in [4.69, 9.17) is 0 Å². The Labute approximate surface area is 94.4 Å². The van der Waals surface area contributed by atoms with Gasteiger partial charge in [0.15, 0.2) is 0 Å². The molecule has 2 fully saturated rings. The number of hydrogen-bond donors (Lipinski definition) is 1. The molecule has 1 N–H and O–H groups in total. The minimum atomic E-state index is -0.311. The Balaban J connectivity index is 1.62. The number of aliphatic hydroxyl groups is 1. The number of aliphatic hydroxyl groups excluding tert-OH is 1. The van der Waals surface area contributed by atoms with E-state index in [9.17, 15) is 5.11 Å². The molecule has 4 unspecified atom stereocenters. The van der Waals surface area contributed by atoms with Crippen LogP contribution in [0.5, 0.6) is 0 Å². The summed E-state index contributed by atoms with van der Waals surface area (Å²) in [6.45, 7) is 0. The number of hydrogen-bond acceptors (Lipinski definition) is 3. The third-order valence-electron chi connectivity index (χ3n) is 4.15. The van der Waals surface area contributed by atoms with Crippen LogP contribution in [0.4, 0.5) is 0 Å². The molecule has 0 radical (unpaired) electrons. The van der Waals surface area contributed by atoms with Crippen LogP contribution in [0.25, 0.3) is 0 Å². The van der Waals surface area contributed by atoms with Crippen molar-refractivity contribution in [3.05, 3.63) is 16.6 Å². The normalized spacial score (nSPS) is 35.9. The zero-order chi connectivity index (χ0) is 10.3. The lowest BCUT2D eigenvalue weighted by molar-refractivity contribution is 0.125. The highest BCUT2D eigenvalue weighted by Crippen LogP contribution is 2.50. The molecule has 0 saturated heterocycles. The van der Waals surface area contributed by atoms with Crippen molar-refractivity contribution < 1.29 is 5.11 Å². The monoisotopic (exact) mass is 223 g/mol. The topological polar surface area (TPSA) is 33.1 Å². The quantitative estimate of drug-likeness (QED) is 0.854. The first-order valence-electron chi connectivity index (χ1n) is 5.90. The average Bonchev–Trinajstić information content (AvgIpc) is 2.95. The Morgan fingerprint density at radius 3 is 3.00 bits per heavy atom. The smallest absolute Gasteiger partial charge is 0.121 e. The highest BCUT2D eigenvalue weighted by molar-refractivity contribution is 7.09. The van der Waals surface area contributed by atoms with Gasteiger partial charge in [-0.3, -0.25) is 0 Å². The summed E-state index contributed by atoms with van der Waals surface area (Å²) in [6, 6.07) is 0. The molecule has 3 rings (SSSR count). The summed E-state index contributed by atoms with van der Waals surface area (Å²) >= 11 is 1.57. The second-order valence-electron chi connectivity index (χ2n) is 5.06. The molecule has 0 amide bonds. The van der Waals surface area contributed by atoms with E-state index in [2.05, 4.69) is 4.98 Å². The minimum Gasteiger partial charge on any atom is -0.386 e. The van der Waals surface area contributed by atoms with E-state index < -0.39 is 0 Å². The zero-order valence-corrected chi connectivity index (χ0v) is 9.62. The van der Waals surface area contributed by atoms with Crippen LogP contribution in [-0.2, 0) is 0 Å². The van der Waals surface area contributed by atoms with Gasteiger partial charge < -0.3 is 5.11 Å². The van der Waals surface area contributed by atoms with Gasteiger partial charge in [-0.25, -0.2) is 4.98 Å². The third-order valence-corrected chi connectivity index (χ3v) is 5.02. The molecule has 2 nitrogen and oxygen atoms in total. The van der Waals surface area contributed by atoms with Crippen molar-refractivity contribution in [2.75, 3.05) is 0 Å². The van der Waals surface area contributed by atoms with Gasteiger partial charge in [-0.05, 0) is 43.4 Å². The van der Waals surface area contributed by atoms with E-state index in [0.29, 0.717) is 0 Å². The highest BCUT2D eigenvalue weighted by atomic mass is 32.1. The van der Waals surface area contributed by atoms with Crippen LogP contribution in [0.3, 0.4) is 0 Å². The van der Waals surface area contributed by atoms with E-state index in [0.717, 1.165) is 29.2 Å². The van der Waals surface area contributed by atoms with Crippen LogP contribution in [0.15, 0.2) is 11.6 Å². The molecule has 1 heterocycles. The predicted molar refractivity (Wildman–Crippen MR) is 60.6 cm³/mol. The summed E-state index contributed by atoms with van der Waals surface area (Å²) in [6.07, 6.45) is 8.03. The van der Waals surface area contributed by atoms with Gasteiger partial charge in [0.05, 0.1) is 0 Å². The number of rotatable bonds is 3. The first kappa shape index (κ1) is 9.79. The highest BCUT2D eigenvalue weighted by Gasteiger charge is 2.40. The van der Waals surface area contributed by atoms with Crippen LogP contribution in [0.1, 0.15) is 43.2 Å². The van der Waals surface area contributed by atoms with Crippen LogP contribution in [0, 0.1) is 17.8 Å². The standard InChI is InChI=1S/C12H17NOS/c14-11(12-13-3-4-15-12)7-10-6-8-1-2-9(10)5-8/h3-4,8-11,14H,1-2,5-7H2. The van der Waals surface area contributed by atoms with Crippen molar-refractivity contribution in [2.45, 2.75) is 38.2 Å². The molecule has 2 aliphatic carbocycles. The molecule has 0 aromatic carbocycles. The Hall–Kier alpha value is -0.410. The van der Waals surface area contributed by atoms with Gasteiger partial charge in [-0.15, -0.1) is 11.3 Å². The first-order chi connectivity index (χ1) is 7.33. The second-order valence-corrected chi connectivity index (χ2v) is 5.98. The zero-order valence-electron chi connectivity index (χ0n) is 8.80. The number of nitrogens with zero attached hydrogens (tertiary/aromatic N) is 1. The summed E-state index contributed by atoms with van der Waals surface area (Å²) in [7, 11) is 0. The van der Waals surface area contributed by atoms with Gasteiger partial charge >= 0.3 is 0 Å². The Kier molecular flexibility index (Phi) is 2.53. The van der Waals surface area contributed by atoms with Gasteiger partial charge in [0.2, 0.25) is 0 Å². The lowest BCUT2D eigenvalue weighted by Gasteiger charge is -2.23. The summed E-state index contributed by atoms with van der Waals surface area (Å²) < 4.78 is 0. The molecule has 1 aromatic rings. The maximum Gasteiger partial charge on any atom is 0.121 e. The van der Waals surface area contributed by atoms with Crippen LogP contribution < -0.4 is 0 Å². The van der Waals surface area contributed by atoms with E-state index in [1.54, 1.807) is 17.5 Å². The van der Waals surface area contributed by atoms with Crippen molar-refractivity contribution >= 4 is 11.3 Å². The molecule has 2 saturated carbocycles. The lowest BCUT2D eigenvalue weighted by Crippen LogP contribution is -2.14. The first-order valence-corrected chi connectivity index (χ1v) is 6.78. The van der Waals surface area contributed by atoms with Gasteiger partial charge in [-0.1, -0.05) is 6.42 Å². The summed E-state index contributed by atoms with van der Waals surface area (Å²) in [5.74, 6) is 2.65. The van der Waals surface area contributed by atoms with Crippen molar-refractivity contribution in [3.63, 3.8) is 0 Å². The van der Waals surface area contributed by atoms with Crippen molar-refractivity contribution in [2.24, 2.45) is 17.8 Å². The summed E-state index contributed by atoms with van der Waals surface area (Å²) in [5, 5.41) is 12.9. The number of aromatic nitrogens is 1. The van der Waals surface area contributed by atoms with Crippen LogP contribution in [0.2, 0.25) is 0 Å². The van der Waals surface area contributed by atoms with Gasteiger partial charge in [0.25, 0.3) is 0 Å². The molecule has 15 heavy (non-hydrogen) atoms. The number of fused-ring (bicyclic) bond motifs is 2. The van der Waals surface area contributed by atoms with Crippen molar-refractivity contribution in [1.29, 1.82) is 0 Å². The predicted octanol–water partition coefficient (Wildman–Crippen LogP) is 3.00. The molecule has 1 aromatic heterocycles. The summed E-state index contributed by atoms with van der Waals surface area (Å²) in [4.78, 5) is 4.19. The molecule has 82 valence electrons. The van der Waals surface area contributed by atoms with E-state index in [1.165, 1.54) is 25.7 Å². The Bertz CT molecular complexity index is 324. The maximum absolute atomic E-state index is 10.0. The third kappa shape index (κ3) is 1.83. The molecule has 2 aliphatic rings. The molecule has 4 atom stereocenters. The maximum atomic E-state index is 10.0. The molecular weight excluding hydrogens is 206 g/mol. The van der Waals surface area contributed by atoms with Crippen LogP contribution >= 0.6 is 11.3 Å². The Morgan fingerprint density at radius 1 is 1.47 bits per heavy atom. The minimum absolute atomic E-state index is 0.311.